The van der Waals surface area contributed by atoms with Gasteiger partial charge in [-0.3, -0.25) is 4.79 Å². The molecule has 0 aliphatic carbocycles. The molecule has 2 aromatic carbocycles. The molecule has 0 saturated carbocycles. The number of unbranched alkanes of at least 4 members (excludes halogenated alkanes) is 1. The van der Waals surface area contributed by atoms with Crippen molar-refractivity contribution in [2.45, 2.75) is 19.3 Å². The number of urea groups is 1. The van der Waals surface area contributed by atoms with Gasteiger partial charge in [0.05, 0.1) is 16.6 Å². The predicted molar refractivity (Wildman–Crippen MR) is 102 cm³/mol. The van der Waals surface area contributed by atoms with Gasteiger partial charge < -0.3 is 21.4 Å². The number of anilines is 1. The average Bonchev–Trinajstić information content (AvgIpc) is 3.06. The number of hydrogen-bond donors (Lipinski definition) is 4. The van der Waals surface area contributed by atoms with Gasteiger partial charge in [-0.25, -0.2) is 18.6 Å². The van der Waals surface area contributed by atoms with Gasteiger partial charge in [-0.15, -0.1) is 0 Å². The summed E-state index contributed by atoms with van der Waals surface area (Å²) in [6, 6.07) is 7.61. The second kappa shape index (κ2) is 8.47. The Morgan fingerprint density at radius 1 is 1.11 bits per heavy atom. The van der Waals surface area contributed by atoms with Crippen LogP contribution in [0.1, 0.15) is 19.3 Å². The maximum atomic E-state index is 13.9. The lowest BCUT2D eigenvalue weighted by atomic mass is 10.2. The Hall–Kier alpha value is -3.49. The number of carbonyl (C=O) groups excluding carboxylic acids is 2. The molecule has 1 aromatic heterocycles. The standard InChI is InChI=1S/C19H19F2N5O2/c20-11-4-6-14(21)13(9-11)18-25-15-7-5-12(10-16(15)26-18)24-17(27)3-1-2-8-23-19(22)28/h4-7,9-10H,1-3,8H2,(H,24,27)(H,25,26)(H3,22,23,28). The van der Waals surface area contributed by atoms with Gasteiger partial charge >= 0.3 is 6.03 Å². The summed E-state index contributed by atoms with van der Waals surface area (Å²) < 4.78 is 27.3. The smallest absolute Gasteiger partial charge is 0.312 e. The summed E-state index contributed by atoms with van der Waals surface area (Å²) in [5, 5.41) is 5.23. The molecule has 1 heterocycles. The van der Waals surface area contributed by atoms with Crippen molar-refractivity contribution in [3.63, 3.8) is 0 Å². The van der Waals surface area contributed by atoms with E-state index in [4.69, 9.17) is 5.73 Å². The molecule has 28 heavy (non-hydrogen) atoms. The number of nitrogens with zero attached hydrogens (tertiary/aromatic N) is 1. The highest BCUT2D eigenvalue weighted by Gasteiger charge is 2.12. The summed E-state index contributed by atoms with van der Waals surface area (Å²) in [5.74, 6) is -1.11. The van der Waals surface area contributed by atoms with Crippen molar-refractivity contribution in [3.05, 3.63) is 48.0 Å². The van der Waals surface area contributed by atoms with E-state index in [1.165, 1.54) is 0 Å². The number of halogens is 2. The fourth-order valence-corrected chi connectivity index (χ4v) is 2.74. The van der Waals surface area contributed by atoms with Crippen molar-refractivity contribution >= 4 is 28.7 Å². The van der Waals surface area contributed by atoms with Crippen LogP contribution in [-0.4, -0.2) is 28.5 Å². The zero-order valence-corrected chi connectivity index (χ0v) is 14.9. The van der Waals surface area contributed by atoms with E-state index in [1.54, 1.807) is 18.2 Å². The number of nitrogens with one attached hydrogen (secondary N) is 3. The first kappa shape index (κ1) is 19.3. The van der Waals surface area contributed by atoms with Gasteiger partial charge in [0.15, 0.2) is 0 Å². The van der Waals surface area contributed by atoms with Gasteiger partial charge in [0, 0.05) is 18.7 Å². The second-order valence-electron chi connectivity index (χ2n) is 6.24. The highest BCUT2D eigenvalue weighted by atomic mass is 19.1. The van der Waals surface area contributed by atoms with E-state index < -0.39 is 17.7 Å². The van der Waals surface area contributed by atoms with Gasteiger partial charge in [-0.05, 0) is 49.2 Å². The molecule has 0 aliphatic rings. The maximum absolute atomic E-state index is 13.9. The van der Waals surface area contributed by atoms with Crippen molar-refractivity contribution < 1.29 is 18.4 Å². The van der Waals surface area contributed by atoms with Crippen LogP contribution in [0.3, 0.4) is 0 Å². The van der Waals surface area contributed by atoms with E-state index in [1.807, 2.05) is 0 Å². The minimum atomic E-state index is -0.588. The molecule has 9 heteroatoms. The Morgan fingerprint density at radius 2 is 1.93 bits per heavy atom. The lowest BCUT2D eigenvalue weighted by Crippen LogP contribution is -2.30. The minimum Gasteiger partial charge on any atom is -0.352 e. The van der Waals surface area contributed by atoms with E-state index in [2.05, 4.69) is 20.6 Å². The molecular weight excluding hydrogens is 368 g/mol. The Kier molecular flexibility index (Phi) is 5.83. The van der Waals surface area contributed by atoms with Crippen LogP contribution in [0.25, 0.3) is 22.4 Å². The third-order valence-corrected chi connectivity index (χ3v) is 4.08. The topological polar surface area (TPSA) is 113 Å². The molecular formula is C19H19F2N5O2. The zero-order chi connectivity index (χ0) is 20.1. The molecule has 7 nitrogen and oxygen atoms in total. The van der Waals surface area contributed by atoms with Crippen molar-refractivity contribution in [1.82, 2.24) is 15.3 Å². The van der Waals surface area contributed by atoms with Crippen LogP contribution in [0.5, 0.6) is 0 Å². The van der Waals surface area contributed by atoms with Gasteiger partial charge in [0.25, 0.3) is 0 Å². The normalized spacial score (nSPS) is 10.8. The number of aromatic nitrogens is 2. The number of primary amides is 1. The number of hydrogen-bond acceptors (Lipinski definition) is 3. The summed E-state index contributed by atoms with van der Waals surface area (Å²) in [6.45, 7) is 0.419. The predicted octanol–water partition coefficient (Wildman–Crippen LogP) is 3.29. The van der Waals surface area contributed by atoms with Crippen LogP contribution in [0, 0.1) is 11.6 Å². The Balaban J connectivity index is 1.65. The first-order chi connectivity index (χ1) is 13.4. The summed E-state index contributed by atoms with van der Waals surface area (Å²) in [6.07, 6.45) is 1.53. The highest BCUT2D eigenvalue weighted by Crippen LogP contribution is 2.25. The van der Waals surface area contributed by atoms with E-state index >= 15 is 0 Å². The summed E-state index contributed by atoms with van der Waals surface area (Å²) >= 11 is 0. The first-order valence-corrected chi connectivity index (χ1v) is 8.71. The number of imidazole rings is 1. The third-order valence-electron chi connectivity index (χ3n) is 4.08. The molecule has 0 bridgehead atoms. The zero-order valence-electron chi connectivity index (χ0n) is 14.9. The Morgan fingerprint density at radius 3 is 2.71 bits per heavy atom. The fraction of sp³-hybridized carbons (Fsp3) is 0.211. The molecule has 0 saturated heterocycles. The first-order valence-electron chi connectivity index (χ1n) is 8.71. The molecule has 3 aromatic rings. The number of nitrogens with two attached hydrogens (primary N) is 1. The minimum absolute atomic E-state index is 0.0337. The molecule has 146 valence electrons. The van der Waals surface area contributed by atoms with Crippen LogP contribution in [0.2, 0.25) is 0 Å². The van der Waals surface area contributed by atoms with Crippen molar-refractivity contribution in [2.75, 3.05) is 11.9 Å². The quantitative estimate of drug-likeness (QED) is 0.467. The Labute approximate surface area is 159 Å². The maximum Gasteiger partial charge on any atom is 0.312 e. The lowest BCUT2D eigenvalue weighted by Gasteiger charge is -2.05. The molecule has 0 radical (unpaired) electrons. The van der Waals surface area contributed by atoms with E-state index in [-0.39, 0.29) is 17.3 Å². The van der Waals surface area contributed by atoms with Gasteiger partial charge in [-0.1, -0.05) is 0 Å². The third kappa shape index (κ3) is 4.81. The van der Waals surface area contributed by atoms with E-state index in [0.717, 1.165) is 18.2 Å². The van der Waals surface area contributed by atoms with Crippen molar-refractivity contribution in [1.29, 1.82) is 0 Å². The number of carbonyl (C=O) groups is 2. The molecule has 0 aliphatic heterocycles. The monoisotopic (exact) mass is 387 g/mol. The summed E-state index contributed by atoms with van der Waals surface area (Å²) in [7, 11) is 0. The molecule has 0 spiro atoms. The molecule has 0 unspecified atom stereocenters. The number of benzene rings is 2. The number of rotatable bonds is 7. The lowest BCUT2D eigenvalue weighted by molar-refractivity contribution is -0.116. The van der Waals surface area contributed by atoms with Gasteiger partial charge in [-0.2, -0.15) is 0 Å². The number of amides is 3. The Bertz CT molecular complexity index is 1020. The molecule has 3 amide bonds. The van der Waals surface area contributed by atoms with Crippen LogP contribution in [0.4, 0.5) is 19.3 Å². The second-order valence-corrected chi connectivity index (χ2v) is 6.24. The molecule has 0 atom stereocenters. The number of H-pyrrole nitrogens is 1. The van der Waals surface area contributed by atoms with Gasteiger partial charge in [0.2, 0.25) is 5.91 Å². The average molecular weight is 387 g/mol. The molecule has 3 rings (SSSR count). The van der Waals surface area contributed by atoms with Crippen LogP contribution in [-0.2, 0) is 4.79 Å². The van der Waals surface area contributed by atoms with Crippen LogP contribution in [0.15, 0.2) is 36.4 Å². The van der Waals surface area contributed by atoms with Gasteiger partial charge in [0.1, 0.15) is 17.5 Å². The number of aromatic amines is 1. The SMILES string of the molecule is NC(=O)NCCCCC(=O)Nc1ccc2nc(-c3cc(F)ccc3F)[nH]c2c1. The number of fused-ring (bicyclic) bond motifs is 1. The summed E-state index contributed by atoms with van der Waals surface area (Å²) in [4.78, 5) is 29.8. The largest absolute Gasteiger partial charge is 0.352 e. The van der Waals surface area contributed by atoms with Crippen LogP contribution >= 0.6 is 0 Å². The van der Waals surface area contributed by atoms with E-state index in [0.29, 0.717) is 42.5 Å². The van der Waals surface area contributed by atoms with Crippen molar-refractivity contribution in [3.8, 4) is 11.4 Å². The van der Waals surface area contributed by atoms with Crippen molar-refractivity contribution in [2.24, 2.45) is 5.73 Å². The van der Waals surface area contributed by atoms with E-state index in [9.17, 15) is 18.4 Å². The molecule has 5 N–H and O–H groups in total. The highest BCUT2D eigenvalue weighted by molar-refractivity contribution is 5.93. The molecule has 0 fully saturated rings. The summed E-state index contributed by atoms with van der Waals surface area (Å²) in [5.41, 5.74) is 6.70. The fourth-order valence-electron chi connectivity index (χ4n) is 2.74. The van der Waals surface area contributed by atoms with Crippen LogP contribution < -0.4 is 16.4 Å².